The smallest absolute Gasteiger partial charge is 0.246 e. The molecule has 1 aromatic rings. The molecule has 0 saturated carbocycles. The van der Waals surface area contributed by atoms with Crippen LogP contribution in [-0.4, -0.2) is 28.7 Å². The molecule has 1 unspecified atom stereocenters. The highest BCUT2D eigenvalue weighted by molar-refractivity contribution is 9.10. The lowest BCUT2D eigenvalue weighted by Gasteiger charge is -2.22. The highest BCUT2D eigenvalue weighted by atomic mass is 79.9. The van der Waals surface area contributed by atoms with E-state index >= 15 is 0 Å². The number of hydrogen-bond donors (Lipinski definition) is 2. The van der Waals surface area contributed by atoms with Crippen LogP contribution in [0.4, 0.5) is 0 Å². The SMILES string of the molecule is C=C(C)C(=O)NCC(O)(Br)COc1ccccc1. The molecule has 5 heteroatoms. The van der Waals surface area contributed by atoms with E-state index in [1.165, 1.54) is 0 Å². The lowest BCUT2D eigenvalue weighted by molar-refractivity contribution is -0.118. The fraction of sp³-hybridized carbons (Fsp3) is 0.308. The van der Waals surface area contributed by atoms with Crippen molar-refractivity contribution in [1.29, 1.82) is 0 Å². The normalized spacial score (nSPS) is 13.5. The van der Waals surface area contributed by atoms with E-state index in [0.29, 0.717) is 11.3 Å². The van der Waals surface area contributed by atoms with Gasteiger partial charge in [0.2, 0.25) is 5.91 Å². The highest BCUT2D eigenvalue weighted by Crippen LogP contribution is 2.16. The van der Waals surface area contributed by atoms with Crippen LogP contribution in [-0.2, 0) is 4.79 Å². The molecule has 1 aromatic carbocycles. The maximum absolute atomic E-state index is 11.3. The number of carbonyl (C=O) groups is 1. The van der Waals surface area contributed by atoms with Crippen molar-refractivity contribution in [3.63, 3.8) is 0 Å². The molecule has 0 saturated heterocycles. The van der Waals surface area contributed by atoms with Gasteiger partial charge in [-0.05, 0) is 35.0 Å². The molecule has 0 aliphatic rings. The Bertz CT molecular complexity index is 418. The molecule has 0 radical (unpaired) electrons. The molecular formula is C13H16BrNO3. The molecule has 0 bridgehead atoms. The number of alkyl halides is 1. The molecule has 1 atom stereocenters. The molecule has 18 heavy (non-hydrogen) atoms. The minimum Gasteiger partial charge on any atom is -0.490 e. The van der Waals surface area contributed by atoms with Gasteiger partial charge in [-0.25, -0.2) is 0 Å². The number of para-hydroxylation sites is 1. The first-order valence-corrected chi connectivity index (χ1v) is 6.23. The standard InChI is InChI=1S/C13H16BrNO3/c1-10(2)12(16)15-8-13(14,17)9-18-11-6-4-3-5-7-11/h3-7,17H,1,8-9H2,2H3,(H,15,16). The minimum absolute atomic E-state index is 0.0213. The van der Waals surface area contributed by atoms with Gasteiger partial charge in [-0.15, -0.1) is 0 Å². The van der Waals surface area contributed by atoms with Crippen LogP contribution in [0.2, 0.25) is 0 Å². The van der Waals surface area contributed by atoms with Crippen molar-refractivity contribution in [2.75, 3.05) is 13.2 Å². The Labute approximate surface area is 115 Å². The van der Waals surface area contributed by atoms with Crippen molar-refractivity contribution in [1.82, 2.24) is 5.32 Å². The van der Waals surface area contributed by atoms with Gasteiger partial charge in [0.15, 0.2) is 4.51 Å². The first-order chi connectivity index (χ1) is 8.41. The quantitative estimate of drug-likeness (QED) is 0.622. The summed E-state index contributed by atoms with van der Waals surface area (Å²) in [6.07, 6.45) is 0. The van der Waals surface area contributed by atoms with Crippen LogP contribution in [0.5, 0.6) is 5.75 Å². The van der Waals surface area contributed by atoms with Crippen molar-refractivity contribution in [3.05, 3.63) is 42.5 Å². The van der Waals surface area contributed by atoms with Crippen molar-refractivity contribution in [2.24, 2.45) is 0 Å². The van der Waals surface area contributed by atoms with Crippen molar-refractivity contribution in [3.8, 4) is 5.75 Å². The van der Waals surface area contributed by atoms with Crippen molar-refractivity contribution < 1.29 is 14.6 Å². The third-order valence-electron chi connectivity index (χ3n) is 2.11. The van der Waals surface area contributed by atoms with Crippen LogP contribution in [0.25, 0.3) is 0 Å². The van der Waals surface area contributed by atoms with Gasteiger partial charge in [0.25, 0.3) is 0 Å². The van der Waals surface area contributed by atoms with Crippen molar-refractivity contribution in [2.45, 2.75) is 11.4 Å². The van der Waals surface area contributed by atoms with Crippen LogP contribution >= 0.6 is 15.9 Å². The van der Waals surface area contributed by atoms with E-state index in [1.807, 2.05) is 18.2 Å². The second-order valence-electron chi connectivity index (χ2n) is 3.98. The lowest BCUT2D eigenvalue weighted by atomic mass is 10.3. The van der Waals surface area contributed by atoms with Crippen LogP contribution < -0.4 is 10.1 Å². The van der Waals surface area contributed by atoms with Crippen LogP contribution in [0.3, 0.4) is 0 Å². The maximum Gasteiger partial charge on any atom is 0.246 e. The van der Waals surface area contributed by atoms with Crippen LogP contribution in [0.1, 0.15) is 6.92 Å². The summed E-state index contributed by atoms with van der Waals surface area (Å²) in [4.78, 5) is 11.3. The molecule has 0 aromatic heterocycles. The molecule has 2 N–H and O–H groups in total. The first-order valence-electron chi connectivity index (χ1n) is 5.43. The van der Waals surface area contributed by atoms with Gasteiger partial charge in [0.05, 0.1) is 6.54 Å². The van der Waals surface area contributed by atoms with Gasteiger partial charge in [-0.3, -0.25) is 4.79 Å². The molecule has 0 aliphatic heterocycles. The van der Waals surface area contributed by atoms with E-state index in [1.54, 1.807) is 19.1 Å². The Kier molecular flexibility index (Phi) is 5.37. The molecule has 1 amide bonds. The average Bonchev–Trinajstić information content (AvgIpc) is 2.35. The maximum atomic E-state index is 11.3. The summed E-state index contributed by atoms with van der Waals surface area (Å²) in [5.74, 6) is 0.356. The zero-order chi connectivity index (χ0) is 13.6. The lowest BCUT2D eigenvalue weighted by Crippen LogP contribution is -2.42. The predicted molar refractivity (Wildman–Crippen MR) is 73.6 cm³/mol. The Morgan fingerprint density at radius 3 is 2.67 bits per heavy atom. The second kappa shape index (κ2) is 6.56. The molecule has 98 valence electrons. The number of amides is 1. The number of ether oxygens (including phenoxy) is 1. The third-order valence-corrected chi connectivity index (χ3v) is 2.62. The number of nitrogens with one attached hydrogen (secondary N) is 1. The monoisotopic (exact) mass is 313 g/mol. The van der Waals surface area contributed by atoms with Gasteiger partial charge < -0.3 is 15.2 Å². The molecule has 0 aliphatic carbocycles. The molecule has 1 rings (SSSR count). The molecule has 0 heterocycles. The summed E-state index contributed by atoms with van der Waals surface area (Å²) in [5.41, 5.74) is 0.391. The number of halogens is 1. The summed E-state index contributed by atoms with van der Waals surface area (Å²) in [6, 6.07) is 9.13. The fourth-order valence-electron chi connectivity index (χ4n) is 1.13. The second-order valence-corrected chi connectivity index (χ2v) is 5.46. The number of rotatable bonds is 6. The number of aliphatic hydroxyl groups is 1. The highest BCUT2D eigenvalue weighted by Gasteiger charge is 2.24. The van der Waals surface area contributed by atoms with E-state index in [2.05, 4.69) is 27.8 Å². The van der Waals surface area contributed by atoms with Crippen LogP contribution in [0, 0.1) is 0 Å². The van der Waals surface area contributed by atoms with E-state index in [9.17, 15) is 9.90 Å². The Morgan fingerprint density at radius 2 is 2.11 bits per heavy atom. The Balaban J connectivity index is 2.40. The molecule has 4 nitrogen and oxygen atoms in total. The van der Waals surface area contributed by atoms with E-state index < -0.39 is 4.51 Å². The first kappa shape index (κ1) is 14.7. The zero-order valence-corrected chi connectivity index (χ0v) is 11.7. The van der Waals surface area contributed by atoms with Gasteiger partial charge in [-0.1, -0.05) is 24.8 Å². The number of benzene rings is 1. The van der Waals surface area contributed by atoms with Crippen molar-refractivity contribution >= 4 is 21.8 Å². The van der Waals surface area contributed by atoms with E-state index in [4.69, 9.17) is 4.74 Å². The number of carbonyl (C=O) groups excluding carboxylic acids is 1. The Morgan fingerprint density at radius 1 is 1.50 bits per heavy atom. The minimum atomic E-state index is -1.31. The topological polar surface area (TPSA) is 58.6 Å². The summed E-state index contributed by atoms with van der Waals surface area (Å²) in [5, 5.41) is 12.5. The number of hydrogen-bond acceptors (Lipinski definition) is 3. The predicted octanol–water partition coefficient (Wildman–Crippen LogP) is 1.84. The van der Waals surface area contributed by atoms with Gasteiger partial charge in [0, 0.05) is 5.57 Å². The molecule has 0 spiro atoms. The summed E-state index contributed by atoms with van der Waals surface area (Å²) in [7, 11) is 0. The van der Waals surface area contributed by atoms with Gasteiger partial charge in [0.1, 0.15) is 12.4 Å². The van der Waals surface area contributed by atoms with Gasteiger partial charge in [-0.2, -0.15) is 0 Å². The molecular weight excluding hydrogens is 298 g/mol. The zero-order valence-electron chi connectivity index (χ0n) is 10.1. The Hall–Kier alpha value is -1.33. The fourth-order valence-corrected chi connectivity index (χ4v) is 1.38. The van der Waals surface area contributed by atoms with E-state index in [-0.39, 0.29) is 19.1 Å². The summed E-state index contributed by atoms with van der Waals surface area (Å²) < 4.78 is 4.08. The van der Waals surface area contributed by atoms with Gasteiger partial charge >= 0.3 is 0 Å². The largest absolute Gasteiger partial charge is 0.490 e. The average molecular weight is 314 g/mol. The summed E-state index contributed by atoms with van der Waals surface area (Å²) in [6.45, 7) is 5.16. The van der Waals surface area contributed by atoms with Crippen LogP contribution in [0.15, 0.2) is 42.5 Å². The summed E-state index contributed by atoms with van der Waals surface area (Å²) >= 11 is 3.10. The van der Waals surface area contributed by atoms with E-state index in [0.717, 1.165) is 0 Å². The third kappa shape index (κ3) is 5.33. The molecule has 0 fully saturated rings.